The maximum absolute atomic E-state index is 11.8. The average molecular weight is 307 g/mol. The molecule has 0 heterocycles. The summed E-state index contributed by atoms with van der Waals surface area (Å²) in [6.07, 6.45) is 7.69. The van der Waals surface area contributed by atoms with Crippen molar-refractivity contribution in [2.45, 2.75) is 65.3 Å². The van der Waals surface area contributed by atoms with Crippen LogP contribution in [0.3, 0.4) is 0 Å². The Morgan fingerprint density at radius 2 is 1.86 bits per heavy atom. The number of hydrogen-bond donors (Lipinski definition) is 2. The fourth-order valence-corrected chi connectivity index (χ4v) is 2.29. The normalized spacial score (nSPS) is 10.5. The summed E-state index contributed by atoms with van der Waals surface area (Å²) in [5.41, 5.74) is 0.928. The Morgan fingerprint density at radius 1 is 1.14 bits per heavy atom. The van der Waals surface area contributed by atoms with Gasteiger partial charge in [0.15, 0.2) is 11.5 Å². The van der Waals surface area contributed by atoms with Crippen LogP contribution in [-0.2, 0) is 11.3 Å². The molecule has 0 radical (unpaired) electrons. The first kappa shape index (κ1) is 18.3. The maximum atomic E-state index is 11.8. The number of rotatable bonds is 11. The van der Waals surface area contributed by atoms with Crippen LogP contribution in [0.5, 0.6) is 11.5 Å². The van der Waals surface area contributed by atoms with E-state index in [1.54, 1.807) is 18.2 Å². The minimum Gasteiger partial charge on any atom is -0.504 e. The zero-order chi connectivity index (χ0) is 16.2. The zero-order valence-corrected chi connectivity index (χ0v) is 13.9. The molecule has 2 N–H and O–H groups in total. The van der Waals surface area contributed by atoms with Gasteiger partial charge < -0.3 is 15.2 Å². The van der Waals surface area contributed by atoms with Crippen molar-refractivity contribution in [3.05, 3.63) is 23.8 Å². The Labute approximate surface area is 133 Å². The molecule has 4 nitrogen and oxygen atoms in total. The molecule has 0 spiro atoms. The highest BCUT2D eigenvalue weighted by molar-refractivity contribution is 5.75. The van der Waals surface area contributed by atoms with Gasteiger partial charge in [-0.3, -0.25) is 4.79 Å². The van der Waals surface area contributed by atoms with Gasteiger partial charge in [0.1, 0.15) is 0 Å². The summed E-state index contributed by atoms with van der Waals surface area (Å²) in [5.74, 6) is 0.677. The standard InChI is InChI=1S/C18H29NO3/c1-3-5-6-7-8-9-10-18(21)19-14-15-11-12-16(20)17(13-15)22-4-2/h11-13,20H,3-10,14H2,1-2H3,(H,19,21). The van der Waals surface area contributed by atoms with E-state index in [9.17, 15) is 9.90 Å². The van der Waals surface area contributed by atoms with Crippen LogP contribution in [0.25, 0.3) is 0 Å². The van der Waals surface area contributed by atoms with Crippen molar-refractivity contribution < 1.29 is 14.6 Å². The molecule has 1 rings (SSSR count). The van der Waals surface area contributed by atoms with Crippen LogP contribution in [0.1, 0.15) is 64.4 Å². The van der Waals surface area contributed by atoms with Gasteiger partial charge >= 0.3 is 0 Å². The highest BCUT2D eigenvalue weighted by Crippen LogP contribution is 2.26. The van der Waals surface area contributed by atoms with Gasteiger partial charge in [0.05, 0.1) is 6.61 Å². The van der Waals surface area contributed by atoms with Crippen molar-refractivity contribution in [3.63, 3.8) is 0 Å². The number of phenols is 1. The molecule has 0 atom stereocenters. The SMILES string of the molecule is CCCCCCCCC(=O)NCc1ccc(O)c(OCC)c1. The van der Waals surface area contributed by atoms with Gasteiger partial charge in [0.2, 0.25) is 5.91 Å². The van der Waals surface area contributed by atoms with Crippen molar-refractivity contribution in [1.82, 2.24) is 5.32 Å². The van der Waals surface area contributed by atoms with Crippen LogP contribution in [-0.4, -0.2) is 17.6 Å². The topological polar surface area (TPSA) is 58.6 Å². The van der Waals surface area contributed by atoms with Crippen molar-refractivity contribution in [3.8, 4) is 11.5 Å². The third-order valence-electron chi connectivity index (χ3n) is 3.57. The minimum atomic E-state index is 0.0847. The molecule has 22 heavy (non-hydrogen) atoms. The molecule has 4 heteroatoms. The van der Waals surface area contributed by atoms with E-state index in [-0.39, 0.29) is 11.7 Å². The second-order valence-electron chi connectivity index (χ2n) is 5.53. The van der Waals surface area contributed by atoms with Crippen molar-refractivity contribution in [1.29, 1.82) is 0 Å². The Morgan fingerprint density at radius 3 is 2.59 bits per heavy atom. The number of amides is 1. The van der Waals surface area contributed by atoms with Crippen LogP contribution < -0.4 is 10.1 Å². The van der Waals surface area contributed by atoms with E-state index >= 15 is 0 Å². The summed E-state index contributed by atoms with van der Waals surface area (Å²) in [5, 5.41) is 12.5. The van der Waals surface area contributed by atoms with Gasteiger partial charge in [-0.15, -0.1) is 0 Å². The van der Waals surface area contributed by atoms with Crippen LogP contribution in [0.4, 0.5) is 0 Å². The van der Waals surface area contributed by atoms with Crippen LogP contribution in [0, 0.1) is 0 Å². The number of unbranched alkanes of at least 4 members (excludes halogenated alkanes) is 5. The number of aromatic hydroxyl groups is 1. The van der Waals surface area contributed by atoms with Gasteiger partial charge in [-0.2, -0.15) is 0 Å². The summed E-state index contributed by atoms with van der Waals surface area (Å²) in [6, 6.07) is 5.16. The summed E-state index contributed by atoms with van der Waals surface area (Å²) < 4.78 is 5.33. The minimum absolute atomic E-state index is 0.0847. The number of hydrogen-bond acceptors (Lipinski definition) is 3. The van der Waals surface area contributed by atoms with Crippen LogP contribution in [0.15, 0.2) is 18.2 Å². The molecule has 0 aliphatic carbocycles. The molecule has 0 aliphatic heterocycles. The monoisotopic (exact) mass is 307 g/mol. The molecule has 1 amide bonds. The quantitative estimate of drug-likeness (QED) is 0.604. The largest absolute Gasteiger partial charge is 0.504 e. The van der Waals surface area contributed by atoms with E-state index in [0.29, 0.717) is 25.3 Å². The lowest BCUT2D eigenvalue weighted by Crippen LogP contribution is -2.22. The first-order valence-corrected chi connectivity index (χ1v) is 8.38. The third kappa shape index (κ3) is 7.34. The third-order valence-corrected chi connectivity index (χ3v) is 3.57. The highest BCUT2D eigenvalue weighted by atomic mass is 16.5. The van der Waals surface area contributed by atoms with E-state index in [1.165, 1.54) is 25.7 Å². The van der Waals surface area contributed by atoms with E-state index in [4.69, 9.17) is 4.74 Å². The van der Waals surface area contributed by atoms with E-state index in [1.807, 2.05) is 6.92 Å². The zero-order valence-electron chi connectivity index (χ0n) is 13.9. The van der Waals surface area contributed by atoms with E-state index < -0.39 is 0 Å². The molecular weight excluding hydrogens is 278 g/mol. The number of benzene rings is 1. The molecule has 0 fully saturated rings. The van der Waals surface area contributed by atoms with Gasteiger partial charge in [0.25, 0.3) is 0 Å². The molecule has 0 saturated heterocycles. The first-order valence-electron chi connectivity index (χ1n) is 8.38. The number of nitrogens with one attached hydrogen (secondary N) is 1. The number of carbonyl (C=O) groups is 1. The lowest BCUT2D eigenvalue weighted by molar-refractivity contribution is -0.121. The van der Waals surface area contributed by atoms with Crippen LogP contribution in [0.2, 0.25) is 0 Å². The summed E-state index contributed by atoms with van der Waals surface area (Å²) in [7, 11) is 0. The van der Waals surface area contributed by atoms with E-state index in [2.05, 4.69) is 12.2 Å². The smallest absolute Gasteiger partial charge is 0.220 e. The molecule has 0 unspecified atom stereocenters. The molecule has 1 aromatic rings. The molecule has 124 valence electrons. The second-order valence-corrected chi connectivity index (χ2v) is 5.53. The second kappa shape index (κ2) is 10.9. The molecule has 0 aromatic heterocycles. The number of phenolic OH excluding ortho intramolecular Hbond substituents is 1. The molecular formula is C18H29NO3. The Kier molecular flexibility index (Phi) is 9.12. The van der Waals surface area contributed by atoms with Gasteiger partial charge in [-0.05, 0) is 31.0 Å². The molecule has 1 aromatic carbocycles. The van der Waals surface area contributed by atoms with E-state index in [0.717, 1.165) is 18.4 Å². The number of ether oxygens (including phenoxy) is 1. The van der Waals surface area contributed by atoms with Gasteiger partial charge in [-0.25, -0.2) is 0 Å². The summed E-state index contributed by atoms with van der Waals surface area (Å²) >= 11 is 0. The molecule has 0 saturated carbocycles. The van der Waals surface area contributed by atoms with Gasteiger partial charge in [-0.1, -0.05) is 45.1 Å². The average Bonchev–Trinajstić information content (AvgIpc) is 2.51. The lowest BCUT2D eigenvalue weighted by atomic mass is 10.1. The van der Waals surface area contributed by atoms with Crippen LogP contribution >= 0.6 is 0 Å². The Balaban J connectivity index is 2.24. The summed E-state index contributed by atoms with van der Waals surface area (Å²) in [4.78, 5) is 11.8. The van der Waals surface area contributed by atoms with Gasteiger partial charge in [0, 0.05) is 13.0 Å². The Hall–Kier alpha value is -1.71. The fourth-order valence-electron chi connectivity index (χ4n) is 2.29. The molecule has 0 aliphatic rings. The molecule has 0 bridgehead atoms. The predicted molar refractivity (Wildman–Crippen MR) is 89.1 cm³/mol. The maximum Gasteiger partial charge on any atom is 0.220 e. The van der Waals surface area contributed by atoms with Crippen molar-refractivity contribution in [2.75, 3.05) is 6.61 Å². The highest BCUT2D eigenvalue weighted by Gasteiger charge is 2.05. The number of carbonyl (C=O) groups excluding carboxylic acids is 1. The van der Waals surface area contributed by atoms with Crippen molar-refractivity contribution >= 4 is 5.91 Å². The first-order chi connectivity index (χ1) is 10.7. The summed E-state index contributed by atoms with van der Waals surface area (Å²) in [6.45, 7) is 5.04. The van der Waals surface area contributed by atoms with Crippen molar-refractivity contribution in [2.24, 2.45) is 0 Å². The Bertz CT molecular complexity index is 446. The fraction of sp³-hybridized carbons (Fsp3) is 0.611. The lowest BCUT2D eigenvalue weighted by Gasteiger charge is -2.09. The predicted octanol–water partition coefficient (Wildman–Crippen LogP) is 4.16.